The van der Waals surface area contributed by atoms with Crippen LogP contribution >= 0.6 is 0 Å². The first-order valence-electron chi connectivity index (χ1n) is 8.86. The third-order valence-electron chi connectivity index (χ3n) is 4.64. The molecule has 0 heterocycles. The van der Waals surface area contributed by atoms with Crippen molar-refractivity contribution < 1.29 is 9.59 Å². The summed E-state index contributed by atoms with van der Waals surface area (Å²) in [5, 5.41) is 5.97. The molecular weight excluding hydrogens is 312 g/mol. The van der Waals surface area contributed by atoms with Crippen LogP contribution in [0.3, 0.4) is 0 Å². The Kier molecular flexibility index (Phi) is 5.49. The molecule has 2 aromatic rings. The van der Waals surface area contributed by atoms with Crippen molar-refractivity contribution in [3.8, 4) is 0 Å². The zero-order valence-corrected chi connectivity index (χ0v) is 14.5. The highest BCUT2D eigenvalue weighted by atomic mass is 16.2. The van der Waals surface area contributed by atoms with Crippen LogP contribution in [0.5, 0.6) is 0 Å². The molecule has 1 fully saturated rings. The molecule has 2 aromatic carbocycles. The van der Waals surface area contributed by atoms with Crippen LogP contribution in [-0.2, 0) is 6.54 Å². The van der Waals surface area contributed by atoms with Crippen molar-refractivity contribution >= 4 is 11.8 Å². The number of carbonyl (C=O) groups is 2. The summed E-state index contributed by atoms with van der Waals surface area (Å²) in [7, 11) is 0. The number of nitrogens with one attached hydrogen (secondary N) is 2. The van der Waals surface area contributed by atoms with Crippen molar-refractivity contribution in [3.63, 3.8) is 0 Å². The molecule has 25 heavy (non-hydrogen) atoms. The van der Waals surface area contributed by atoms with Crippen molar-refractivity contribution in [2.75, 3.05) is 0 Å². The van der Waals surface area contributed by atoms with E-state index in [1.165, 1.54) is 18.4 Å². The third-order valence-corrected chi connectivity index (χ3v) is 4.64. The lowest BCUT2D eigenvalue weighted by Gasteiger charge is -2.12. The van der Waals surface area contributed by atoms with Crippen molar-refractivity contribution in [2.45, 2.75) is 45.2 Å². The quantitative estimate of drug-likeness (QED) is 0.876. The Balaban J connectivity index is 1.55. The number of amides is 2. The summed E-state index contributed by atoms with van der Waals surface area (Å²) in [6.07, 6.45) is 4.49. The van der Waals surface area contributed by atoms with Gasteiger partial charge in [-0.15, -0.1) is 0 Å². The molecule has 0 unspecified atom stereocenters. The van der Waals surface area contributed by atoms with E-state index in [2.05, 4.69) is 16.7 Å². The summed E-state index contributed by atoms with van der Waals surface area (Å²) in [5.74, 6) is -0.192. The maximum absolute atomic E-state index is 12.3. The van der Waals surface area contributed by atoms with E-state index in [4.69, 9.17) is 0 Å². The maximum atomic E-state index is 12.3. The molecule has 4 nitrogen and oxygen atoms in total. The summed E-state index contributed by atoms with van der Waals surface area (Å²) in [4.78, 5) is 24.5. The van der Waals surface area contributed by atoms with Crippen LogP contribution < -0.4 is 10.6 Å². The first-order chi connectivity index (χ1) is 12.1. The Hall–Kier alpha value is -2.62. The van der Waals surface area contributed by atoms with Gasteiger partial charge in [0.25, 0.3) is 11.8 Å². The molecule has 0 bridgehead atoms. The monoisotopic (exact) mass is 336 g/mol. The molecular formula is C21H24N2O2. The van der Waals surface area contributed by atoms with Gasteiger partial charge in [0.2, 0.25) is 0 Å². The minimum Gasteiger partial charge on any atom is -0.349 e. The van der Waals surface area contributed by atoms with Crippen LogP contribution in [0.4, 0.5) is 0 Å². The van der Waals surface area contributed by atoms with Gasteiger partial charge in [-0.25, -0.2) is 0 Å². The predicted molar refractivity (Wildman–Crippen MR) is 98.5 cm³/mol. The summed E-state index contributed by atoms with van der Waals surface area (Å²) in [5.41, 5.74) is 3.40. The molecule has 4 heteroatoms. The molecule has 1 saturated carbocycles. The molecule has 2 N–H and O–H groups in total. The molecule has 0 atom stereocenters. The van der Waals surface area contributed by atoms with Crippen molar-refractivity contribution in [2.24, 2.45) is 0 Å². The zero-order valence-electron chi connectivity index (χ0n) is 14.5. The fourth-order valence-electron chi connectivity index (χ4n) is 3.22. The van der Waals surface area contributed by atoms with E-state index in [0.717, 1.165) is 18.4 Å². The van der Waals surface area contributed by atoms with E-state index in [0.29, 0.717) is 23.7 Å². The van der Waals surface area contributed by atoms with Crippen molar-refractivity contribution in [3.05, 3.63) is 70.8 Å². The second kappa shape index (κ2) is 7.97. The van der Waals surface area contributed by atoms with Gasteiger partial charge in [0.05, 0.1) is 0 Å². The summed E-state index contributed by atoms with van der Waals surface area (Å²) < 4.78 is 0. The van der Waals surface area contributed by atoms with Crippen LogP contribution in [0.1, 0.15) is 57.5 Å². The summed E-state index contributed by atoms with van der Waals surface area (Å²) in [6.45, 7) is 2.52. The highest BCUT2D eigenvalue weighted by Gasteiger charge is 2.18. The van der Waals surface area contributed by atoms with Crippen molar-refractivity contribution in [1.82, 2.24) is 10.6 Å². The average Bonchev–Trinajstić information content (AvgIpc) is 3.13. The smallest absolute Gasteiger partial charge is 0.251 e. The van der Waals surface area contributed by atoms with Crippen LogP contribution in [0.2, 0.25) is 0 Å². The van der Waals surface area contributed by atoms with Gasteiger partial charge in [-0.3, -0.25) is 9.59 Å². The summed E-state index contributed by atoms with van der Waals surface area (Å²) >= 11 is 0. The second-order valence-electron chi connectivity index (χ2n) is 6.70. The standard InChI is InChI=1S/C21H24N2O2/c1-15-5-4-6-16(13-15)14-22-20(24)17-9-11-18(12-10-17)21(25)23-19-7-2-3-8-19/h4-6,9-13,19H,2-3,7-8,14H2,1H3,(H,22,24)(H,23,25). The van der Waals surface area contributed by atoms with E-state index in [1.54, 1.807) is 24.3 Å². The molecule has 1 aliphatic carbocycles. The minimum atomic E-state index is -0.135. The predicted octanol–water partition coefficient (Wildman–Crippen LogP) is 3.60. The number of hydrogen-bond acceptors (Lipinski definition) is 2. The molecule has 1 aliphatic rings. The Morgan fingerprint density at radius 3 is 2.24 bits per heavy atom. The Bertz CT molecular complexity index is 747. The first-order valence-corrected chi connectivity index (χ1v) is 8.86. The Morgan fingerprint density at radius 2 is 1.60 bits per heavy atom. The fraction of sp³-hybridized carbons (Fsp3) is 0.333. The van der Waals surface area contributed by atoms with Crippen molar-refractivity contribution in [1.29, 1.82) is 0 Å². The molecule has 0 spiro atoms. The maximum Gasteiger partial charge on any atom is 0.251 e. The molecule has 130 valence electrons. The summed E-state index contributed by atoms with van der Waals surface area (Å²) in [6, 6.07) is 15.2. The number of hydrogen-bond donors (Lipinski definition) is 2. The van der Waals surface area contributed by atoms with Gasteiger partial charge in [0.15, 0.2) is 0 Å². The number of aryl methyl sites for hydroxylation is 1. The van der Waals surface area contributed by atoms with E-state index in [9.17, 15) is 9.59 Å². The molecule has 0 radical (unpaired) electrons. The van der Waals surface area contributed by atoms with E-state index >= 15 is 0 Å². The third kappa shape index (κ3) is 4.69. The highest BCUT2D eigenvalue weighted by Crippen LogP contribution is 2.18. The van der Waals surface area contributed by atoms with Crippen LogP contribution in [0.15, 0.2) is 48.5 Å². The Morgan fingerprint density at radius 1 is 0.960 bits per heavy atom. The number of benzene rings is 2. The topological polar surface area (TPSA) is 58.2 Å². The molecule has 3 rings (SSSR count). The molecule has 0 saturated heterocycles. The number of rotatable bonds is 5. The largest absolute Gasteiger partial charge is 0.349 e. The average molecular weight is 336 g/mol. The minimum absolute atomic E-state index is 0.0568. The Labute approximate surface area is 148 Å². The lowest BCUT2D eigenvalue weighted by atomic mass is 10.1. The van der Waals surface area contributed by atoms with Gasteiger partial charge >= 0.3 is 0 Å². The van der Waals surface area contributed by atoms with Gasteiger partial charge in [0.1, 0.15) is 0 Å². The SMILES string of the molecule is Cc1cccc(CNC(=O)c2ccc(C(=O)NC3CCCC3)cc2)c1. The zero-order chi connectivity index (χ0) is 17.6. The molecule has 0 aromatic heterocycles. The van der Waals surface area contributed by atoms with Gasteiger partial charge in [-0.1, -0.05) is 42.7 Å². The van der Waals surface area contributed by atoms with Crippen LogP contribution in [0, 0.1) is 6.92 Å². The van der Waals surface area contributed by atoms with E-state index in [1.807, 2.05) is 25.1 Å². The van der Waals surface area contributed by atoms with E-state index < -0.39 is 0 Å². The van der Waals surface area contributed by atoms with Gasteiger partial charge in [0, 0.05) is 23.7 Å². The van der Waals surface area contributed by atoms with E-state index in [-0.39, 0.29) is 11.8 Å². The number of carbonyl (C=O) groups excluding carboxylic acids is 2. The highest BCUT2D eigenvalue weighted by molar-refractivity contribution is 5.97. The first kappa shape index (κ1) is 17.2. The van der Waals surface area contributed by atoms with Crippen LogP contribution in [0.25, 0.3) is 0 Å². The fourth-order valence-corrected chi connectivity index (χ4v) is 3.22. The van der Waals surface area contributed by atoms with Gasteiger partial charge in [-0.05, 0) is 49.6 Å². The second-order valence-corrected chi connectivity index (χ2v) is 6.70. The lowest BCUT2D eigenvalue weighted by Crippen LogP contribution is -2.32. The lowest BCUT2D eigenvalue weighted by molar-refractivity contribution is 0.0930. The normalized spacial score (nSPS) is 14.3. The van der Waals surface area contributed by atoms with Gasteiger partial charge in [-0.2, -0.15) is 0 Å². The van der Waals surface area contributed by atoms with Crippen LogP contribution in [-0.4, -0.2) is 17.9 Å². The molecule has 0 aliphatic heterocycles. The van der Waals surface area contributed by atoms with Gasteiger partial charge < -0.3 is 10.6 Å². The molecule has 2 amide bonds.